The fourth-order valence-corrected chi connectivity index (χ4v) is 1.74. The molecule has 0 N–H and O–H groups in total. The number of nitriles is 1. The lowest BCUT2D eigenvalue weighted by Gasteiger charge is -2.16. The predicted octanol–water partition coefficient (Wildman–Crippen LogP) is 3.88. The minimum Gasteiger partial charge on any atom is -0.403 e. The average molecular weight is 345 g/mol. The quantitative estimate of drug-likeness (QED) is 0.615. The van der Waals surface area contributed by atoms with Gasteiger partial charge in [0.05, 0.1) is 18.2 Å². The zero-order valence-electron chi connectivity index (χ0n) is 9.14. The van der Waals surface area contributed by atoms with E-state index in [-0.39, 0.29) is 23.0 Å². The molecule has 0 bridgehead atoms. The lowest BCUT2D eigenvalue weighted by Crippen LogP contribution is -2.20. The molecule has 0 aliphatic carbocycles. The molecular formula is C10H6BrF5N2O. The second-order valence-electron chi connectivity index (χ2n) is 3.30. The first-order valence-electron chi connectivity index (χ1n) is 4.78. The largest absolute Gasteiger partial charge is 0.573 e. The molecule has 0 atom stereocenters. The van der Waals surface area contributed by atoms with Crippen LogP contribution < -0.4 is 4.74 Å². The van der Waals surface area contributed by atoms with Gasteiger partial charge in [0, 0.05) is 10.9 Å². The summed E-state index contributed by atoms with van der Waals surface area (Å²) >= 11 is 2.88. The van der Waals surface area contributed by atoms with E-state index in [9.17, 15) is 22.0 Å². The normalized spacial score (nSPS) is 11.5. The maximum Gasteiger partial charge on any atom is 0.573 e. The Kier molecular flexibility index (Phi) is 5.05. The molecule has 1 aromatic rings. The van der Waals surface area contributed by atoms with Crippen molar-refractivity contribution in [3.05, 3.63) is 23.0 Å². The molecule has 0 fully saturated rings. The van der Waals surface area contributed by atoms with Crippen LogP contribution in [0.25, 0.3) is 0 Å². The van der Waals surface area contributed by atoms with Gasteiger partial charge in [-0.25, -0.2) is 13.8 Å². The van der Waals surface area contributed by atoms with Crippen LogP contribution >= 0.6 is 15.9 Å². The number of ether oxygens (including phenoxy) is 1. The summed E-state index contributed by atoms with van der Waals surface area (Å²) in [6.45, 7) is 0. The summed E-state index contributed by atoms with van der Waals surface area (Å²) in [5.74, 6) is -1.03. The average Bonchev–Trinajstić information content (AvgIpc) is 2.28. The number of aromatic nitrogens is 1. The summed E-state index contributed by atoms with van der Waals surface area (Å²) in [6.07, 6.45) is -8.63. The molecule has 9 heteroatoms. The Labute approximate surface area is 113 Å². The Morgan fingerprint density at radius 2 is 2.05 bits per heavy atom. The minimum absolute atomic E-state index is 0.0400. The molecule has 104 valence electrons. The number of pyridine rings is 1. The number of hydrogen-bond acceptors (Lipinski definition) is 3. The van der Waals surface area contributed by atoms with Crippen LogP contribution in [0.3, 0.4) is 0 Å². The molecule has 19 heavy (non-hydrogen) atoms. The molecule has 0 radical (unpaired) electrons. The smallest absolute Gasteiger partial charge is 0.403 e. The Morgan fingerprint density at radius 3 is 2.47 bits per heavy atom. The van der Waals surface area contributed by atoms with Gasteiger partial charge in [0.25, 0.3) is 6.43 Å². The molecule has 3 nitrogen and oxygen atoms in total. The molecule has 0 saturated carbocycles. The summed E-state index contributed by atoms with van der Waals surface area (Å²) in [4.78, 5) is 3.34. The third-order valence-corrected chi connectivity index (χ3v) is 2.56. The highest BCUT2D eigenvalue weighted by molar-refractivity contribution is 9.08. The van der Waals surface area contributed by atoms with E-state index in [4.69, 9.17) is 5.26 Å². The van der Waals surface area contributed by atoms with Gasteiger partial charge in [-0.05, 0) is 6.07 Å². The van der Waals surface area contributed by atoms with E-state index in [0.717, 1.165) is 6.07 Å². The fourth-order valence-electron chi connectivity index (χ4n) is 1.32. The fraction of sp³-hybridized carbons (Fsp3) is 0.400. The first kappa shape index (κ1) is 15.6. The number of hydrogen-bond donors (Lipinski definition) is 0. The zero-order chi connectivity index (χ0) is 14.6. The molecule has 1 aromatic heterocycles. The highest BCUT2D eigenvalue weighted by atomic mass is 79.9. The number of nitrogens with zero attached hydrogens (tertiary/aromatic N) is 2. The molecule has 0 amide bonds. The summed E-state index contributed by atoms with van der Waals surface area (Å²) in [5.41, 5.74) is -1.31. The molecule has 0 aliphatic heterocycles. The minimum atomic E-state index is -5.10. The van der Waals surface area contributed by atoms with Crippen LogP contribution in [-0.4, -0.2) is 11.3 Å². The van der Waals surface area contributed by atoms with Crippen LogP contribution in [0.15, 0.2) is 6.07 Å². The van der Waals surface area contributed by atoms with E-state index < -0.39 is 24.2 Å². The summed E-state index contributed by atoms with van der Waals surface area (Å²) in [7, 11) is 0. The third-order valence-electron chi connectivity index (χ3n) is 1.96. The lowest BCUT2D eigenvalue weighted by atomic mass is 10.1. The number of alkyl halides is 6. The second-order valence-corrected chi connectivity index (χ2v) is 3.86. The molecule has 1 heterocycles. The van der Waals surface area contributed by atoms with E-state index in [1.54, 1.807) is 6.07 Å². The van der Waals surface area contributed by atoms with Crippen molar-refractivity contribution >= 4 is 15.9 Å². The topological polar surface area (TPSA) is 45.9 Å². The van der Waals surface area contributed by atoms with Crippen molar-refractivity contribution < 1.29 is 26.7 Å². The lowest BCUT2D eigenvalue weighted by molar-refractivity contribution is -0.275. The molecule has 0 unspecified atom stereocenters. The summed E-state index contributed by atoms with van der Waals surface area (Å²) < 4.78 is 65.6. The van der Waals surface area contributed by atoms with Crippen LogP contribution in [0.5, 0.6) is 5.75 Å². The van der Waals surface area contributed by atoms with Gasteiger partial charge in [-0.3, -0.25) is 0 Å². The molecule has 0 saturated heterocycles. The van der Waals surface area contributed by atoms with Crippen molar-refractivity contribution in [1.82, 2.24) is 4.98 Å². The number of halogens is 6. The van der Waals surface area contributed by atoms with Crippen LogP contribution in [0.4, 0.5) is 22.0 Å². The van der Waals surface area contributed by atoms with Gasteiger partial charge in [0.15, 0.2) is 5.75 Å². The maximum atomic E-state index is 12.7. The highest BCUT2D eigenvalue weighted by Gasteiger charge is 2.35. The van der Waals surface area contributed by atoms with E-state index in [0.29, 0.717) is 0 Å². The van der Waals surface area contributed by atoms with Gasteiger partial charge >= 0.3 is 6.36 Å². The van der Waals surface area contributed by atoms with Crippen LogP contribution in [0.1, 0.15) is 23.4 Å². The van der Waals surface area contributed by atoms with Gasteiger partial charge in [0.2, 0.25) is 0 Å². The van der Waals surface area contributed by atoms with Crippen molar-refractivity contribution in [2.24, 2.45) is 0 Å². The second kappa shape index (κ2) is 6.14. The molecule has 0 spiro atoms. The Balaban J connectivity index is 3.37. The van der Waals surface area contributed by atoms with Crippen molar-refractivity contribution in [2.75, 3.05) is 0 Å². The van der Waals surface area contributed by atoms with Gasteiger partial charge < -0.3 is 4.74 Å². The first-order chi connectivity index (χ1) is 8.78. The van der Waals surface area contributed by atoms with Crippen molar-refractivity contribution in [3.63, 3.8) is 0 Å². The molecular weight excluding hydrogens is 339 g/mol. The van der Waals surface area contributed by atoms with Gasteiger partial charge in [-0.2, -0.15) is 5.26 Å². The van der Waals surface area contributed by atoms with E-state index in [1.807, 2.05) is 0 Å². The molecule has 0 aromatic carbocycles. The van der Waals surface area contributed by atoms with E-state index in [2.05, 4.69) is 25.7 Å². The van der Waals surface area contributed by atoms with Crippen molar-refractivity contribution in [1.29, 1.82) is 5.26 Å². The number of rotatable bonds is 4. The molecule has 1 rings (SSSR count). The maximum absolute atomic E-state index is 12.7. The standard InChI is InChI=1S/C10H6BrF5N2O/c11-4-5-3-6(1-2-17)18-7(9(12)13)8(5)19-10(14,15)16/h3,9H,1,4H2. The summed E-state index contributed by atoms with van der Waals surface area (Å²) in [5, 5.41) is 8.33. The Morgan fingerprint density at radius 1 is 1.42 bits per heavy atom. The Hall–Kier alpha value is -1.43. The predicted molar refractivity (Wildman–Crippen MR) is 57.8 cm³/mol. The highest BCUT2D eigenvalue weighted by Crippen LogP contribution is 2.36. The first-order valence-corrected chi connectivity index (χ1v) is 5.90. The van der Waals surface area contributed by atoms with Crippen molar-refractivity contribution in [2.45, 2.75) is 24.5 Å². The van der Waals surface area contributed by atoms with Crippen molar-refractivity contribution in [3.8, 4) is 11.8 Å². The zero-order valence-corrected chi connectivity index (χ0v) is 10.7. The van der Waals surface area contributed by atoms with Gasteiger partial charge in [0.1, 0.15) is 5.69 Å². The van der Waals surface area contributed by atoms with Gasteiger partial charge in [-0.15, -0.1) is 13.2 Å². The van der Waals surface area contributed by atoms with Gasteiger partial charge in [-0.1, -0.05) is 15.9 Å². The molecule has 0 aliphatic rings. The van der Waals surface area contributed by atoms with Crippen LogP contribution in [0, 0.1) is 11.3 Å². The Bertz CT molecular complexity index is 498. The van der Waals surface area contributed by atoms with E-state index in [1.165, 1.54) is 0 Å². The SMILES string of the molecule is N#CCc1cc(CBr)c(OC(F)(F)F)c(C(F)F)n1. The van der Waals surface area contributed by atoms with Crippen LogP contribution in [-0.2, 0) is 11.8 Å². The van der Waals surface area contributed by atoms with E-state index >= 15 is 0 Å². The monoisotopic (exact) mass is 344 g/mol. The van der Waals surface area contributed by atoms with Crippen LogP contribution in [0.2, 0.25) is 0 Å². The third kappa shape index (κ3) is 4.31. The summed E-state index contributed by atoms with van der Waals surface area (Å²) in [6, 6.07) is 2.80.